The highest BCUT2D eigenvalue weighted by Gasteiger charge is 2.16. The van der Waals surface area contributed by atoms with Crippen molar-refractivity contribution in [2.75, 3.05) is 5.32 Å². The molecule has 0 bridgehead atoms. The van der Waals surface area contributed by atoms with Crippen LogP contribution in [-0.2, 0) is 4.79 Å². The topological polar surface area (TPSA) is 70.7 Å². The number of anilines is 1. The van der Waals surface area contributed by atoms with Crippen LogP contribution in [0, 0.1) is 31.0 Å². The SMILES string of the molecule is Cc1nn(-c2ccc(F)cc2)c(C)c1/C=C(\C#N)C(=O)Nc1ccc(Cl)cc1Cl. The third-order valence-electron chi connectivity index (χ3n) is 4.25. The highest BCUT2D eigenvalue weighted by atomic mass is 35.5. The Labute approximate surface area is 177 Å². The number of nitrogens with one attached hydrogen (secondary N) is 1. The Hall–Kier alpha value is -3.14. The average molecular weight is 429 g/mol. The Morgan fingerprint density at radius 1 is 1.21 bits per heavy atom. The molecule has 0 radical (unpaired) electrons. The third kappa shape index (κ3) is 4.48. The lowest BCUT2D eigenvalue weighted by atomic mass is 10.1. The summed E-state index contributed by atoms with van der Waals surface area (Å²) in [5.41, 5.74) is 2.86. The summed E-state index contributed by atoms with van der Waals surface area (Å²) >= 11 is 11.9. The van der Waals surface area contributed by atoms with Crippen LogP contribution in [0.15, 0.2) is 48.0 Å². The molecule has 0 spiro atoms. The van der Waals surface area contributed by atoms with Gasteiger partial charge in [-0.05, 0) is 62.4 Å². The molecular weight excluding hydrogens is 414 g/mol. The van der Waals surface area contributed by atoms with Gasteiger partial charge in [-0.1, -0.05) is 23.2 Å². The first kappa shape index (κ1) is 20.6. The molecule has 0 atom stereocenters. The standard InChI is InChI=1S/C21H15Cl2FN4O/c1-12-18(13(2)28(27-12)17-6-4-16(24)5-7-17)9-14(11-25)21(29)26-20-8-3-15(22)10-19(20)23/h3-10H,1-2H3,(H,26,29)/b14-9+. The highest BCUT2D eigenvalue weighted by Crippen LogP contribution is 2.26. The van der Waals surface area contributed by atoms with E-state index in [1.54, 1.807) is 42.8 Å². The zero-order valence-corrected chi connectivity index (χ0v) is 17.0. The number of benzene rings is 2. The van der Waals surface area contributed by atoms with Crippen LogP contribution in [0.4, 0.5) is 10.1 Å². The van der Waals surface area contributed by atoms with Crippen LogP contribution >= 0.6 is 23.2 Å². The Balaban J connectivity index is 1.94. The quantitative estimate of drug-likeness (QED) is 0.441. The van der Waals surface area contributed by atoms with Crippen LogP contribution in [-0.4, -0.2) is 15.7 Å². The highest BCUT2D eigenvalue weighted by molar-refractivity contribution is 6.36. The second-order valence-corrected chi connectivity index (χ2v) is 7.06. The zero-order chi connectivity index (χ0) is 21.1. The van der Waals surface area contributed by atoms with E-state index in [0.717, 1.165) is 0 Å². The Morgan fingerprint density at radius 3 is 2.52 bits per heavy atom. The van der Waals surface area contributed by atoms with E-state index in [0.29, 0.717) is 33.3 Å². The number of halogens is 3. The fraction of sp³-hybridized carbons (Fsp3) is 0.0952. The van der Waals surface area contributed by atoms with Gasteiger partial charge in [0, 0.05) is 16.3 Å². The van der Waals surface area contributed by atoms with Gasteiger partial charge in [0.15, 0.2) is 0 Å². The fourth-order valence-electron chi connectivity index (χ4n) is 2.77. The molecule has 1 heterocycles. The molecule has 0 aliphatic heterocycles. The average Bonchev–Trinajstić information content (AvgIpc) is 2.96. The molecule has 29 heavy (non-hydrogen) atoms. The molecule has 8 heteroatoms. The van der Waals surface area contributed by atoms with Crippen molar-refractivity contribution in [1.29, 1.82) is 5.26 Å². The van der Waals surface area contributed by atoms with Gasteiger partial charge in [0.05, 0.1) is 22.1 Å². The maximum Gasteiger partial charge on any atom is 0.266 e. The molecule has 0 aliphatic carbocycles. The molecule has 5 nitrogen and oxygen atoms in total. The molecule has 0 saturated carbocycles. The lowest BCUT2D eigenvalue weighted by molar-refractivity contribution is -0.112. The van der Waals surface area contributed by atoms with E-state index >= 15 is 0 Å². The molecule has 2 aromatic carbocycles. The van der Waals surface area contributed by atoms with Gasteiger partial charge in [-0.3, -0.25) is 4.79 Å². The van der Waals surface area contributed by atoms with Gasteiger partial charge in [-0.25, -0.2) is 9.07 Å². The summed E-state index contributed by atoms with van der Waals surface area (Å²) in [6.45, 7) is 3.57. The lowest BCUT2D eigenvalue weighted by Crippen LogP contribution is -2.13. The van der Waals surface area contributed by atoms with Gasteiger partial charge < -0.3 is 5.32 Å². The number of aryl methyl sites for hydroxylation is 1. The summed E-state index contributed by atoms with van der Waals surface area (Å²) in [5.74, 6) is -0.954. The minimum atomic E-state index is -0.606. The molecule has 3 aromatic rings. The van der Waals surface area contributed by atoms with Crippen LogP contribution in [0.25, 0.3) is 11.8 Å². The number of hydrogen-bond donors (Lipinski definition) is 1. The van der Waals surface area contributed by atoms with Crippen LogP contribution in [0.3, 0.4) is 0 Å². The molecule has 3 rings (SSSR count). The molecule has 0 fully saturated rings. The van der Waals surface area contributed by atoms with Crippen LogP contribution in [0.5, 0.6) is 0 Å². The first-order valence-electron chi connectivity index (χ1n) is 8.50. The van der Waals surface area contributed by atoms with E-state index in [4.69, 9.17) is 23.2 Å². The maximum atomic E-state index is 13.2. The van der Waals surface area contributed by atoms with Crippen molar-refractivity contribution in [3.05, 3.63) is 80.9 Å². The van der Waals surface area contributed by atoms with Crippen molar-refractivity contribution in [3.8, 4) is 11.8 Å². The van der Waals surface area contributed by atoms with Gasteiger partial charge in [0.25, 0.3) is 5.91 Å². The van der Waals surface area contributed by atoms with E-state index in [9.17, 15) is 14.4 Å². The van der Waals surface area contributed by atoms with Gasteiger partial charge in [-0.2, -0.15) is 10.4 Å². The van der Waals surface area contributed by atoms with Crippen molar-refractivity contribution < 1.29 is 9.18 Å². The minimum Gasteiger partial charge on any atom is -0.320 e. The van der Waals surface area contributed by atoms with Crippen LogP contribution in [0.1, 0.15) is 17.0 Å². The number of carbonyl (C=O) groups excluding carboxylic acids is 1. The summed E-state index contributed by atoms with van der Waals surface area (Å²) < 4.78 is 14.8. The number of amides is 1. The van der Waals surface area contributed by atoms with Crippen molar-refractivity contribution in [2.45, 2.75) is 13.8 Å². The molecule has 146 valence electrons. The second-order valence-electron chi connectivity index (χ2n) is 6.22. The van der Waals surface area contributed by atoms with Crippen LogP contribution in [0.2, 0.25) is 10.0 Å². The summed E-state index contributed by atoms with van der Waals surface area (Å²) in [4.78, 5) is 12.6. The summed E-state index contributed by atoms with van der Waals surface area (Å²) in [5, 5.41) is 17.2. The molecule has 1 aromatic heterocycles. The van der Waals surface area contributed by atoms with Gasteiger partial charge >= 0.3 is 0 Å². The molecular formula is C21H15Cl2FN4O. The number of aromatic nitrogens is 2. The van der Waals surface area contributed by atoms with Crippen LogP contribution < -0.4 is 5.32 Å². The van der Waals surface area contributed by atoms with Gasteiger partial charge in [0.1, 0.15) is 17.5 Å². The van der Waals surface area contributed by atoms with Gasteiger partial charge in [0.2, 0.25) is 0 Å². The Kier molecular flexibility index (Phi) is 6.02. The Bertz CT molecular complexity index is 1160. The third-order valence-corrected chi connectivity index (χ3v) is 4.80. The van der Waals surface area contributed by atoms with E-state index in [-0.39, 0.29) is 16.4 Å². The van der Waals surface area contributed by atoms with E-state index in [1.165, 1.54) is 24.3 Å². The van der Waals surface area contributed by atoms with E-state index in [2.05, 4.69) is 10.4 Å². The van der Waals surface area contributed by atoms with Gasteiger partial charge in [-0.15, -0.1) is 0 Å². The number of rotatable bonds is 4. The zero-order valence-electron chi connectivity index (χ0n) is 15.5. The predicted octanol–water partition coefficient (Wildman–Crippen LogP) is 5.48. The largest absolute Gasteiger partial charge is 0.320 e. The van der Waals surface area contributed by atoms with Crippen molar-refractivity contribution in [3.63, 3.8) is 0 Å². The smallest absolute Gasteiger partial charge is 0.266 e. The molecule has 0 aliphatic rings. The minimum absolute atomic E-state index is 0.110. The monoisotopic (exact) mass is 428 g/mol. The maximum absolute atomic E-state index is 13.2. The second kappa shape index (κ2) is 8.48. The molecule has 0 saturated heterocycles. The number of hydrogen-bond acceptors (Lipinski definition) is 3. The summed E-state index contributed by atoms with van der Waals surface area (Å²) in [6.07, 6.45) is 1.47. The Morgan fingerprint density at radius 2 is 1.90 bits per heavy atom. The number of nitrogens with zero attached hydrogens (tertiary/aromatic N) is 3. The van der Waals surface area contributed by atoms with Crippen molar-refractivity contribution >= 4 is 40.9 Å². The molecule has 1 amide bonds. The normalized spacial score (nSPS) is 11.2. The number of nitriles is 1. The molecule has 0 unspecified atom stereocenters. The fourth-order valence-corrected chi connectivity index (χ4v) is 3.23. The van der Waals surface area contributed by atoms with Crippen molar-refractivity contribution in [1.82, 2.24) is 9.78 Å². The van der Waals surface area contributed by atoms with Crippen molar-refractivity contribution in [2.24, 2.45) is 0 Å². The lowest BCUT2D eigenvalue weighted by Gasteiger charge is -2.07. The summed E-state index contributed by atoms with van der Waals surface area (Å²) in [6, 6.07) is 12.4. The summed E-state index contributed by atoms with van der Waals surface area (Å²) in [7, 11) is 0. The number of carbonyl (C=O) groups is 1. The first-order valence-corrected chi connectivity index (χ1v) is 9.26. The van der Waals surface area contributed by atoms with E-state index in [1.807, 2.05) is 6.07 Å². The predicted molar refractivity (Wildman–Crippen MR) is 112 cm³/mol. The first-order chi connectivity index (χ1) is 13.8. The van der Waals surface area contributed by atoms with E-state index < -0.39 is 5.91 Å². The molecule has 1 N–H and O–H groups in total.